The van der Waals surface area contributed by atoms with Crippen LogP contribution in [0.3, 0.4) is 0 Å². The molecule has 1 aromatic heterocycles. The van der Waals surface area contributed by atoms with Gasteiger partial charge in [0.2, 0.25) is 11.8 Å². The summed E-state index contributed by atoms with van der Waals surface area (Å²) in [5.41, 5.74) is 3.61. The molecule has 3 aromatic rings. The minimum atomic E-state index is -0.321. The van der Waals surface area contributed by atoms with Crippen LogP contribution < -0.4 is 10.6 Å². The number of nitrogens with one attached hydrogen (secondary N) is 3. The van der Waals surface area contributed by atoms with Crippen LogP contribution in [0.25, 0.3) is 10.9 Å². The largest absolute Gasteiger partial charge is 0.506 e. The summed E-state index contributed by atoms with van der Waals surface area (Å²) in [5.74, 6) is -0.715. The van der Waals surface area contributed by atoms with Crippen molar-refractivity contribution < 1.29 is 14.7 Å². The summed E-state index contributed by atoms with van der Waals surface area (Å²) >= 11 is 9.31. The van der Waals surface area contributed by atoms with E-state index in [9.17, 15) is 14.7 Å². The van der Waals surface area contributed by atoms with Crippen LogP contribution >= 0.6 is 27.5 Å². The van der Waals surface area contributed by atoms with Gasteiger partial charge in [0.25, 0.3) is 0 Å². The number of halogens is 2. The predicted octanol–water partition coefficient (Wildman–Crippen LogP) is 4.59. The number of aromatic hydroxyl groups is 1. The van der Waals surface area contributed by atoms with Gasteiger partial charge in [0.05, 0.1) is 17.0 Å². The van der Waals surface area contributed by atoms with Crippen LogP contribution in [0, 0.1) is 0 Å². The molecule has 0 saturated heterocycles. The number of phenolic OH excluding ortho intramolecular Hbond substituents is 1. The number of aromatic amines is 1. The number of benzene rings is 2. The summed E-state index contributed by atoms with van der Waals surface area (Å²) in [6.45, 7) is 1.77. The highest BCUT2D eigenvalue weighted by molar-refractivity contribution is 9.10. The summed E-state index contributed by atoms with van der Waals surface area (Å²) in [7, 11) is 0. The van der Waals surface area contributed by atoms with Crippen molar-refractivity contribution in [3.8, 4) is 5.75 Å². The van der Waals surface area contributed by atoms with E-state index in [0.717, 1.165) is 26.6 Å². The number of hydrogen-bond acceptors (Lipinski definition) is 4. The molecule has 1 atom stereocenters. The number of carbonyl (C=O) groups is 2. The molecule has 2 heterocycles. The molecule has 1 unspecified atom stereocenters. The van der Waals surface area contributed by atoms with Gasteiger partial charge in [-0.25, -0.2) is 0 Å². The SMILES string of the molecule is CC1=C(CC(=O)Nc2ccc3n[nH]c(Br)c3c2)C(c2ccc(Cl)c(O)c2)CC(=O)N1. The lowest BCUT2D eigenvalue weighted by molar-refractivity contribution is -0.121. The minimum Gasteiger partial charge on any atom is -0.506 e. The Labute approximate surface area is 185 Å². The lowest BCUT2D eigenvalue weighted by Crippen LogP contribution is -2.32. The minimum absolute atomic E-state index is 0.0550. The van der Waals surface area contributed by atoms with Crippen LogP contribution in [0.15, 0.2) is 52.3 Å². The van der Waals surface area contributed by atoms with Crippen molar-refractivity contribution in [3.63, 3.8) is 0 Å². The van der Waals surface area contributed by atoms with Crippen LogP contribution in [-0.4, -0.2) is 27.1 Å². The molecule has 1 aliphatic rings. The van der Waals surface area contributed by atoms with Gasteiger partial charge >= 0.3 is 0 Å². The highest BCUT2D eigenvalue weighted by Gasteiger charge is 2.29. The molecule has 2 aromatic carbocycles. The van der Waals surface area contributed by atoms with Crippen LogP contribution in [0.1, 0.15) is 31.2 Å². The van der Waals surface area contributed by atoms with Crippen molar-refractivity contribution in [2.45, 2.75) is 25.7 Å². The maximum atomic E-state index is 12.8. The first-order valence-electron chi connectivity index (χ1n) is 9.23. The predicted molar refractivity (Wildman–Crippen MR) is 118 cm³/mol. The number of rotatable bonds is 4. The molecule has 4 N–H and O–H groups in total. The number of nitrogens with zero attached hydrogens (tertiary/aromatic N) is 1. The maximum Gasteiger partial charge on any atom is 0.228 e. The smallest absolute Gasteiger partial charge is 0.228 e. The first-order chi connectivity index (χ1) is 14.3. The topological polar surface area (TPSA) is 107 Å². The summed E-state index contributed by atoms with van der Waals surface area (Å²) in [4.78, 5) is 24.9. The molecule has 9 heteroatoms. The van der Waals surface area contributed by atoms with Gasteiger partial charge in [-0.3, -0.25) is 14.7 Å². The average molecular weight is 490 g/mol. The van der Waals surface area contributed by atoms with Crippen LogP contribution in [0.4, 0.5) is 5.69 Å². The number of hydrogen-bond donors (Lipinski definition) is 4. The molecule has 4 rings (SSSR count). The van der Waals surface area contributed by atoms with E-state index in [2.05, 4.69) is 36.8 Å². The number of amides is 2. The fraction of sp³-hybridized carbons (Fsp3) is 0.190. The summed E-state index contributed by atoms with van der Waals surface area (Å²) in [6.07, 6.45) is 0.291. The van der Waals surface area contributed by atoms with E-state index in [1.807, 2.05) is 12.1 Å². The average Bonchev–Trinajstić information content (AvgIpc) is 3.06. The zero-order valence-corrected chi connectivity index (χ0v) is 18.3. The van der Waals surface area contributed by atoms with Gasteiger partial charge in [0.15, 0.2) is 0 Å². The van der Waals surface area contributed by atoms with Crippen molar-refractivity contribution in [1.82, 2.24) is 15.5 Å². The van der Waals surface area contributed by atoms with Crippen molar-refractivity contribution in [2.75, 3.05) is 5.32 Å². The van der Waals surface area contributed by atoms with E-state index in [1.165, 1.54) is 0 Å². The number of anilines is 1. The van der Waals surface area contributed by atoms with E-state index < -0.39 is 0 Å². The Kier molecular flexibility index (Phi) is 5.53. The van der Waals surface area contributed by atoms with Crippen molar-refractivity contribution >= 4 is 55.9 Å². The Morgan fingerprint density at radius 1 is 1.33 bits per heavy atom. The number of H-pyrrole nitrogens is 1. The third kappa shape index (κ3) is 4.06. The van der Waals surface area contributed by atoms with Crippen molar-refractivity contribution in [3.05, 3.63) is 62.9 Å². The van der Waals surface area contributed by atoms with E-state index in [4.69, 9.17) is 11.6 Å². The molecule has 7 nitrogen and oxygen atoms in total. The second kappa shape index (κ2) is 8.12. The summed E-state index contributed by atoms with van der Waals surface area (Å²) < 4.78 is 0.741. The molecule has 154 valence electrons. The lowest BCUT2D eigenvalue weighted by Gasteiger charge is -2.28. The summed E-state index contributed by atoms with van der Waals surface area (Å²) in [5, 5.41) is 23.8. The number of fused-ring (bicyclic) bond motifs is 1. The normalized spacial score (nSPS) is 16.6. The quantitative estimate of drug-likeness (QED) is 0.430. The molecular weight excluding hydrogens is 472 g/mol. The third-order valence-electron chi connectivity index (χ3n) is 5.13. The molecule has 2 amide bonds. The summed E-state index contributed by atoms with van der Waals surface area (Å²) in [6, 6.07) is 10.3. The molecule has 30 heavy (non-hydrogen) atoms. The van der Waals surface area contributed by atoms with Crippen LogP contribution in [0.5, 0.6) is 5.75 Å². The zero-order chi connectivity index (χ0) is 21.4. The van der Waals surface area contributed by atoms with Crippen molar-refractivity contribution in [2.24, 2.45) is 0 Å². The van der Waals surface area contributed by atoms with Gasteiger partial charge in [0, 0.05) is 29.1 Å². The third-order valence-corrected chi connectivity index (χ3v) is 6.06. The van der Waals surface area contributed by atoms with Gasteiger partial charge in [-0.1, -0.05) is 17.7 Å². The van der Waals surface area contributed by atoms with Gasteiger partial charge in [-0.2, -0.15) is 5.10 Å². The van der Waals surface area contributed by atoms with Crippen LogP contribution in [-0.2, 0) is 9.59 Å². The Bertz CT molecular complexity index is 1200. The van der Waals surface area contributed by atoms with E-state index in [0.29, 0.717) is 11.4 Å². The number of aromatic nitrogens is 2. The standard InChI is InChI=1S/C21H18BrClN4O3/c1-10-13(14(9-19(29)24-10)11-2-4-16(23)18(28)6-11)8-20(30)25-12-3-5-17-15(7-12)21(22)27-26-17/h2-7,14,28H,8-9H2,1H3,(H,24,29)(H,25,30)(H,26,27). The maximum absolute atomic E-state index is 12.8. The second-order valence-electron chi connectivity index (χ2n) is 7.16. The van der Waals surface area contributed by atoms with E-state index in [-0.39, 0.29) is 41.3 Å². The van der Waals surface area contributed by atoms with Gasteiger partial charge in [-0.05, 0) is 64.3 Å². The Balaban J connectivity index is 1.58. The Hall–Kier alpha value is -2.84. The monoisotopic (exact) mass is 488 g/mol. The lowest BCUT2D eigenvalue weighted by atomic mass is 9.82. The fourth-order valence-electron chi connectivity index (χ4n) is 3.67. The molecule has 0 bridgehead atoms. The Morgan fingerprint density at radius 2 is 2.13 bits per heavy atom. The fourth-order valence-corrected chi connectivity index (χ4v) is 4.19. The molecule has 0 spiro atoms. The number of carbonyl (C=O) groups excluding carboxylic acids is 2. The van der Waals surface area contributed by atoms with E-state index >= 15 is 0 Å². The zero-order valence-electron chi connectivity index (χ0n) is 15.9. The van der Waals surface area contributed by atoms with Gasteiger partial charge in [-0.15, -0.1) is 0 Å². The van der Waals surface area contributed by atoms with Gasteiger partial charge in [0.1, 0.15) is 10.4 Å². The number of phenols is 1. The highest BCUT2D eigenvalue weighted by Crippen LogP contribution is 2.37. The Morgan fingerprint density at radius 3 is 2.90 bits per heavy atom. The molecule has 0 saturated carbocycles. The first-order valence-corrected chi connectivity index (χ1v) is 10.4. The second-order valence-corrected chi connectivity index (χ2v) is 8.36. The van der Waals surface area contributed by atoms with Crippen LogP contribution in [0.2, 0.25) is 5.02 Å². The first kappa shape index (κ1) is 20.4. The highest BCUT2D eigenvalue weighted by atomic mass is 79.9. The van der Waals surface area contributed by atoms with Gasteiger partial charge < -0.3 is 15.7 Å². The van der Waals surface area contributed by atoms with E-state index in [1.54, 1.807) is 31.2 Å². The molecular formula is C21H18BrClN4O3. The number of allylic oxidation sites excluding steroid dienone is 1. The molecule has 0 aliphatic carbocycles. The van der Waals surface area contributed by atoms with Crippen molar-refractivity contribution in [1.29, 1.82) is 0 Å². The molecule has 0 fully saturated rings. The molecule has 0 radical (unpaired) electrons. The molecule has 1 aliphatic heterocycles.